The van der Waals surface area contributed by atoms with Gasteiger partial charge in [-0.2, -0.15) is 11.8 Å². The molecule has 0 aliphatic heterocycles. The fraction of sp³-hybridized carbons (Fsp3) is 0.400. The van der Waals surface area contributed by atoms with Crippen molar-refractivity contribution in [2.75, 3.05) is 12.0 Å². The van der Waals surface area contributed by atoms with Gasteiger partial charge in [0, 0.05) is 11.8 Å². The molecule has 0 unspecified atom stereocenters. The third-order valence-corrected chi connectivity index (χ3v) is 2.48. The number of benzene rings is 1. The van der Waals surface area contributed by atoms with Crippen molar-refractivity contribution in [1.29, 1.82) is 0 Å². The Morgan fingerprint density at radius 3 is 2.58 bits per heavy atom. The number of hydrogen-bond donors (Lipinski definition) is 1. The first-order chi connectivity index (χ1) is 5.83. The summed E-state index contributed by atoms with van der Waals surface area (Å²) in [4.78, 5) is 0. The topological polar surface area (TPSA) is 26.0 Å². The van der Waals surface area contributed by atoms with Crippen LogP contribution in [0, 0.1) is 0 Å². The number of thioether (sulfide) groups is 1. The molecule has 0 radical (unpaired) electrons. The van der Waals surface area contributed by atoms with Crippen LogP contribution in [0.3, 0.4) is 0 Å². The SMILES string of the molecule is CSC[C@@H](N)Cc1ccccc1. The summed E-state index contributed by atoms with van der Waals surface area (Å²) in [6, 6.07) is 10.7. The van der Waals surface area contributed by atoms with E-state index < -0.39 is 0 Å². The van der Waals surface area contributed by atoms with Crippen LogP contribution in [0.25, 0.3) is 0 Å². The fourth-order valence-electron chi connectivity index (χ4n) is 1.19. The summed E-state index contributed by atoms with van der Waals surface area (Å²) >= 11 is 1.80. The van der Waals surface area contributed by atoms with Gasteiger partial charge in [-0.1, -0.05) is 30.3 Å². The van der Waals surface area contributed by atoms with Crippen LogP contribution >= 0.6 is 11.8 Å². The van der Waals surface area contributed by atoms with E-state index in [2.05, 4.69) is 30.5 Å². The van der Waals surface area contributed by atoms with Crippen molar-refractivity contribution >= 4 is 11.8 Å². The minimum Gasteiger partial charge on any atom is -0.327 e. The lowest BCUT2D eigenvalue weighted by Crippen LogP contribution is -2.25. The molecule has 2 N–H and O–H groups in total. The van der Waals surface area contributed by atoms with Gasteiger partial charge in [-0.05, 0) is 18.2 Å². The Morgan fingerprint density at radius 1 is 1.33 bits per heavy atom. The van der Waals surface area contributed by atoms with Crippen LogP contribution in [0.1, 0.15) is 5.56 Å². The Labute approximate surface area is 78.4 Å². The first kappa shape index (κ1) is 9.62. The van der Waals surface area contributed by atoms with Crippen LogP contribution in [0.5, 0.6) is 0 Å². The molecule has 0 spiro atoms. The normalized spacial score (nSPS) is 12.8. The highest BCUT2D eigenvalue weighted by molar-refractivity contribution is 7.98. The molecule has 1 atom stereocenters. The molecule has 0 fully saturated rings. The Kier molecular flexibility index (Phi) is 4.19. The monoisotopic (exact) mass is 181 g/mol. The highest BCUT2D eigenvalue weighted by Gasteiger charge is 2.01. The van der Waals surface area contributed by atoms with Gasteiger partial charge in [0.15, 0.2) is 0 Å². The largest absolute Gasteiger partial charge is 0.327 e. The molecule has 0 amide bonds. The van der Waals surface area contributed by atoms with E-state index in [-0.39, 0.29) is 0 Å². The first-order valence-electron chi connectivity index (χ1n) is 4.11. The average molecular weight is 181 g/mol. The van der Waals surface area contributed by atoms with Crippen LogP contribution in [-0.2, 0) is 6.42 Å². The number of hydrogen-bond acceptors (Lipinski definition) is 2. The smallest absolute Gasteiger partial charge is 0.0171 e. The van der Waals surface area contributed by atoms with Gasteiger partial charge in [0.1, 0.15) is 0 Å². The van der Waals surface area contributed by atoms with E-state index >= 15 is 0 Å². The highest BCUT2D eigenvalue weighted by atomic mass is 32.2. The van der Waals surface area contributed by atoms with Gasteiger partial charge in [0.2, 0.25) is 0 Å². The molecule has 0 saturated carbocycles. The van der Waals surface area contributed by atoms with Crippen LogP contribution in [0.15, 0.2) is 30.3 Å². The lowest BCUT2D eigenvalue weighted by Gasteiger charge is -2.08. The summed E-state index contributed by atoms with van der Waals surface area (Å²) in [5, 5.41) is 0. The molecular weight excluding hydrogens is 166 g/mol. The number of nitrogens with two attached hydrogens (primary N) is 1. The minimum absolute atomic E-state index is 0.294. The van der Waals surface area contributed by atoms with Crippen LogP contribution < -0.4 is 5.73 Å². The van der Waals surface area contributed by atoms with Gasteiger partial charge >= 0.3 is 0 Å². The van der Waals surface area contributed by atoms with E-state index in [0.717, 1.165) is 12.2 Å². The van der Waals surface area contributed by atoms with E-state index in [1.165, 1.54) is 5.56 Å². The maximum absolute atomic E-state index is 5.90. The molecule has 12 heavy (non-hydrogen) atoms. The van der Waals surface area contributed by atoms with Crippen molar-refractivity contribution in [1.82, 2.24) is 0 Å². The van der Waals surface area contributed by atoms with E-state index in [4.69, 9.17) is 5.73 Å². The minimum atomic E-state index is 0.294. The summed E-state index contributed by atoms with van der Waals surface area (Å²) in [5.74, 6) is 1.04. The molecule has 0 heterocycles. The van der Waals surface area contributed by atoms with Gasteiger partial charge < -0.3 is 5.73 Å². The van der Waals surface area contributed by atoms with E-state index in [1.54, 1.807) is 11.8 Å². The zero-order chi connectivity index (χ0) is 8.81. The second kappa shape index (κ2) is 5.22. The molecule has 0 aromatic heterocycles. The predicted octanol–water partition coefficient (Wildman–Crippen LogP) is 1.92. The van der Waals surface area contributed by atoms with Gasteiger partial charge in [0.05, 0.1) is 0 Å². The zero-order valence-electron chi connectivity index (χ0n) is 7.36. The van der Waals surface area contributed by atoms with E-state index in [0.29, 0.717) is 6.04 Å². The quantitative estimate of drug-likeness (QED) is 0.768. The summed E-state index contributed by atoms with van der Waals surface area (Å²) < 4.78 is 0. The van der Waals surface area contributed by atoms with Crippen LogP contribution in [0.4, 0.5) is 0 Å². The van der Waals surface area contributed by atoms with Gasteiger partial charge in [-0.25, -0.2) is 0 Å². The Morgan fingerprint density at radius 2 is 2.00 bits per heavy atom. The predicted molar refractivity (Wildman–Crippen MR) is 56.5 cm³/mol. The zero-order valence-corrected chi connectivity index (χ0v) is 8.18. The van der Waals surface area contributed by atoms with E-state index in [1.807, 2.05) is 6.07 Å². The second-order valence-electron chi connectivity index (χ2n) is 2.91. The summed E-state index contributed by atoms with van der Waals surface area (Å²) in [7, 11) is 0. The van der Waals surface area contributed by atoms with E-state index in [9.17, 15) is 0 Å². The van der Waals surface area contributed by atoms with Gasteiger partial charge in [-0.15, -0.1) is 0 Å². The van der Waals surface area contributed by atoms with Crippen molar-refractivity contribution in [3.8, 4) is 0 Å². The number of rotatable bonds is 4. The lowest BCUT2D eigenvalue weighted by molar-refractivity contribution is 0.749. The molecule has 0 aliphatic rings. The maximum atomic E-state index is 5.90. The molecule has 66 valence electrons. The Hall–Kier alpha value is -0.470. The molecule has 1 rings (SSSR count). The second-order valence-corrected chi connectivity index (χ2v) is 3.82. The molecule has 0 saturated heterocycles. The van der Waals surface area contributed by atoms with Crippen molar-refractivity contribution < 1.29 is 0 Å². The van der Waals surface area contributed by atoms with Crippen molar-refractivity contribution in [3.63, 3.8) is 0 Å². The van der Waals surface area contributed by atoms with Gasteiger partial charge in [-0.3, -0.25) is 0 Å². The summed E-state index contributed by atoms with van der Waals surface area (Å²) in [6.45, 7) is 0. The molecule has 1 aromatic rings. The molecular formula is C10H15NS. The molecule has 0 aliphatic carbocycles. The van der Waals surface area contributed by atoms with Crippen LogP contribution in [-0.4, -0.2) is 18.1 Å². The first-order valence-corrected chi connectivity index (χ1v) is 5.50. The fourth-order valence-corrected chi connectivity index (χ4v) is 1.74. The van der Waals surface area contributed by atoms with Gasteiger partial charge in [0.25, 0.3) is 0 Å². The Bertz CT molecular complexity index is 210. The highest BCUT2D eigenvalue weighted by Crippen LogP contribution is 2.04. The van der Waals surface area contributed by atoms with Crippen molar-refractivity contribution in [3.05, 3.63) is 35.9 Å². The third kappa shape index (κ3) is 3.28. The maximum Gasteiger partial charge on any atom is 0.0171 e. The average Bonchev–Trinajstić information content (AvgIpc) is 2.06. The summed E-state index contributed by atoms with van der Waals surface area (Å²) in [6.07, 6.45) is 3.08. The standard InChI is InChI=1S/C10H15NS/c1-12-8-10(11)7-9-5-3-2-4-6-9/h2-6,10H,7-8,11H2,1H3/t10-/m0/s1. The lowest BCUT2D eigenvalue weighted by atomic mass is 10.1. The molecule has 1 aromatic carbocycles. The molecule has 1 nitrogen and oxygen atoms in total. The molecule has 2 heteroatoms. The van der Waals surface area contributed by atoms with Crippen LogP contribution in [0.2, 0.25) is 0 Å². The third-order valence-electron chi connectivity index (χ3n) is 1.72. The molecule has 0 bridgehead atoms. The van der Waals surface area contributed by atoms with Crippen molar-refractivity contribution in [2.45, 2.75) is 12.5 Å². The summed E-state index contributed by atoms with van der Waals surface area (Å²) in [5.41, 5.74) is 7.23. The van der Waals surface area contributed by atoms with Crippen molar-refractivity contribution in [2.24, 2.45) is 5.73 Å². The Balaban J connectivity index is 2.41.